The number of benzene rings is 2. The van der Waals surface area contributed by atoms with Crippen LogP contribution in [0.2, 0.25) is 5.02 Å². The van der Waals surface area contributed by atoms with E-state index in [0.717, 1.165) is 28.5 Å². The number of rotatable bonds is 6. The number of nitrogens with one attached hydrogen (secondary N) is 1. The number of thiocarbonyl (C=S) groups is 1. The van der Waals surface area contributed by atoms with Crippen molar-refractivity contribution in [2.45, 2.75) is 12.1 Å². The minimum atomic E-state index is -0.187. The number of hydrogen-bond acceptors (Lipinski definition) is 4. The third kappa shape index (κ3) is 3.97. The molecule has 172 valence electrons. The number of halogens is 1. The summed E-state index contributed by atoms with van der Waals surface area (Å²) in [5.41, 5.74) is 3.80. The Morgan fingerprint density at radius 1 is 0.941 bits per heavy atom. The summed E-state index contributed by atoms with van der Waals surface area (Å²) < 4.78 is 13.0. The highest BCUT2D eigenvalue weighted by atomic mass is 35.5. The maximum absolute atomic E-state index is 6.50. The van der Waals surface area contributed by atoms with Crippen molar-refractivity contribution in [3.63, 3.8) is 0 Å². The van der Waals surface area contributed by atoms with Crippen LogP contribution in [-0.2, 0) is 0 Å². The maximum Gasteiger partial charge on any atom is 0.174 e. The van der Waals surface area contributed by atoms with E-state index in [2.05, 4.69) is 31.9 Å². The van der Waals surface area contributed by atoms with Gasteiger partial charge in [-0.1, -0.05) is 23.7 Å². The monoisotopic (exact) mass is 490 g/mol. The molecule has 0 amide bonds. The smallest absolute Gasteiger partial charge is 0.174 e. The highest BCUT2D eigenvalue weighted by Gasteiger charge is 2.42. The van der Waals surface area contributed by atoms with Crippen molar-refractivity contribution >= 4 is 34.6 Å². The molecule has 1 N–H and O–H groups in total. The zero-order valence-electron chi connectivity index (χ0n) is 18.7. The normalized spacial score (nSPS) is 17.5. The lowest BCUT2D eigenvalue weighted by Crippen LogP contribution is -2.30. The Balaban J connectivity index is 1.66. The number of pyridine rings is 1. The number of hydrogen-bond donors (Lipinski definition) is 1. The molecule has 0 bridgehead atoms. The second kappa shape index (κ2) is 9.37. The minimum absolute atomic E-state index is 0.172. The largest absolute Gasteiger partial charge is 0.497 e. The highest BCUT2D eigenvalue weighted by molar-refractivity contribution is 7.80. The molecule has 0 unspecified atom stereocenters. The van der Waals surface area contributed by atoms with Crippen LogP contribution in [0.3, 0.4) is 0 Å². The summed E-state index contributed by atoms with van der Waals surface area (Å²) in [4.78, 5) is 6.72. The van der Waals surface area contributed by atoms with Crippen molar-refractivity contribution in [1.82, 2.24) is 14.9 Å². The van der Waals surface area contributed by atoms with Crippen LogP contribution in [0.1, 0.15) is 23.5 Å². The molecule has 1 aliphatic rings. The molecule has 0 aliphatic carbocycles. The van der Waals surface area contributed by atoms with Crippen LogP contribution in [0.5, 0.6) is 11.5 Å². The number of aromatic nitrogens is 2. The van der Waals surface area contributed by atoms with Gasteiger partial charge in [0.05, 0.1) is 31.0 Å². The molecule has 1 aliphatic heterocycles. The predicted molar refractivity (Wildman–Crippen MR) is 138 cm³/mol. The molecule has 34 heavy (non-hydrogen) atoms. The lowest BCUT2D eigenvalue weighted by molar-refractivity contribution is 0.414. The average molecular weight is 491 g/mol. The predicted octanol–water partition coefficient (Wildman–Crippen LogP) is 5.72. The molecule has 3 heterocycles. The van der Waals surface area contributed by atoms with Crippen molar-refractivity contribution < 1.29 is 9.47 Å². The van der Waals surface area contributed by atoms with Crippen LogP contribution >= 0.6 is 23.8 Å². The molecule has 4 aromatic rings. The van der Waals surface area contributed by atoms with Gasteiger partial charge in [-0.25, -0.2) is 0 Å². The first-order valence-electron chi connectivity index (χ1n) is 10.8. The van der Waals surface area contributed by atoms with Crippen LogP contribution in [0.25, 0.3) is 5.69 Å². The van der Waals surface area contributed by atoms with E-state index in [9.17, 15) is 0 Å². The lowest BCUT2D eigenvalue weighted by Gasteiger charge is -2.29. The van der Waals surface area contributed by atoms with Crippen molar-refractivity contribution in [3.05, 3.63) is 102 Å². The molecule has 0 spiro atoms. The van der Waals surface area contributed by atoms with E-state index in [0.29, 0.717) is 15.9 Å². The molecule has 6 nitrogen and oxygen atoms in total. The third-order valence-corrected chi connectivity index (χ3v) is 6.54. The van der Waals surface area contributed by atoms with Gasteiger partial charge in [-0.15, -0.1) is 0 Å². The Kier molecular flexibility index (Phi) is 6.13. The average Bonchev–Trinajstić information content (AvgIpc) is 3.49. The van der Waals surface area contributed by atoms with Crippen molar-refractivity contribution in [2.75, 3.05) is 19.1 Å². The summed E-state index contributed by atoms with van der Waals surface area (Å²) >= 11 is 12.3. The van der Waals surface area contributed by atoms with Crippen LogP contribution in [0, 0.1) is 0 Å². The minimum Gasteiger partial charge on any atom is -0.497 e. The summed E-state index contributed by atoms with van der Waals surface area (Å²) in [6.07, 6.45) is 3.84. The Morgan fingerprint density at radius 2 is 1.82 bits per heavy atom. The quantitative estimate of drug-likeness (QED) is 0.349. The summed E-state index contributed by atoms with van der Waals surface area (Å²) in [6, 6.07) is 23.3. The number of ether oxygens (including phenoxy) is 2. The van der Waals surface area contributed by atoms with Gasteiger partial charge in [0.25, 0.3) is 0 Å². The summed E-state index contributed by atoms with van der Waals surface area (Å²) in [6.45, 7) is 0. The van der Waals surface area contributed by atoms with Crippen LogP contribution in [0.15, 0.2) is 85.2 Å². The van der Waals surface area contributed by atoms with E-state index in [-0.39, 0.29) is 12.1 Å². The van der Waals surface area contributed by atoms with Crippen molar-refractivity contribution in [2.24, 2.45) is 0 Å². The third-order valence-electron chi connectivity index (χ3n) is 5.93. The van der Waals surface area contributed by atoms with Gasteiger partial charge >= 0.3 is 0 Å². The molecule has 2 aromatic heterocycles. The number of methoxy groups -OCH3 is 2. The number of nitrogens with zero attached hydrogens (tertiary/aromatic N) is 3. The van der Waals surface area contributed by atoms with E-state index < -0.39 is 0 Å². The highest BCUT2D eigenvalue weighted by Crippen LogP contribution is 2.43. The summed E-state index contributed by atoms with van der Waals surface area (Å²) in [7, 11) is 3.27. The standard InChI is InChI=1S/C26H23ClN4O2S/c1-32-19-8-5-7-17(15-19)30-14-6-10-22(30)25-24(21-9-3-4-13-28-21)29-26(34)31(25)18-11-12-23(33-2)20(27)16-18/h3-16,24-25H,1-2H3,(H,29,34)/t24-,25+/m0/s1. The zero-order valence-corrected chi connectivity index (χ0v) is 20.3. The Bertz CT molecular complexity index is 1330. The molecule has 2 atom stereocenters. The molecule has 8 heteroatoms. The second-order valence-electron chi connectivity index (χ2n) is 7.82. The summed E-state index contributed by atoms with van der Waals surface area (Å²) in [5, 5.41) is 4.61. The van der Waals surface area contributed by atoms with Crippen LogP contribution in [-0.4, -0.2) is 28.9 Å². The first kappa shape index (κ1) is 22.3. The van der Waals surface area contributed by atoms with Crippen LogP contribution < -0.4 is 19.7 Å². The second-order valence-corrected chi connectivity index (χ2v) is 8.61. The van der Waals surface area contributed by atoms with E-state index in [1.54, 1.807) is 20.4 Å². The Labute approximate surface area is 208 Å². The molecule has 1 fully saturated rings. The molecule has 0 saturated carbocycles. The molecule has 0 radical (unpaired) electrons. The molecule has 1 saturated heterocycles. The van der Waals surface area contributed by atoms with E-state index in [4.69, 9.17) is 33.3 Å². The van der Waals surface area contributed by atoms with Crippen molar-refractivity contribution in [3.8, 4) is 17.2 Å². The van der Waals surface area contributed by atoms with E-state index in [1.165, 1.54) is 0 Å². The van der Waals surface area contributed by atoms with Crippen molar-refractivity contribution in [1.29, 1.82) is 0 Å². The first-order chi connectivity index (χ1) is 16.6. The first-order valence-corrected chi connectivity index (χ1v) is 11.5. The molecule has 2 aromatic carbocycles. The number of anilines is 1. The van der Waals surface area contributed by atoms with Gasteiger partial charge in [-0.2, -0.15) is 0 Å². The Hall–Kier alpha value is -3.55. The fourth-order valence-corrected chi connectivity index (χ4v) is 4.97. The van der Waals surface area contributed by atoms with Gasteiger partial charge in [-0.3, -0.25) is 4.98 Å². The fraction of sp³-hybridized carbons (Fsp3) is 0.154. The molecule has 5 rings (SSSR count). The van der Waals surface area contributed by atoms with E-state index >= 15 is 0 Å². The maximum atomic E-state index is 6.50. The lowest BCUT2D eigenvalue weighted by atomic mass is 10.0. The Morgan fingerprint density at radius 3 is 2.56 bits per heavy atom. The summed E-state index contributed by atoms with van der Waals surface area (Å²) in [5.74, 6) is 1.40. The topological polar surface area (TPSA) is 51.5 Å². The van der Waals surface area contributed by atoms with Gasteiger partial charge in [0.15, 0.2) is 5.11 Å². The van der Waals surface area contributed by atoms with Crippen LogP contribution in [0.4, 0.5) is 5.69 Å². The van der Waals surface area contributed by atoms with E-state index in [1.807, 2.05) is 66.9 Å². The van der Waals surface area contributed by atoms with Gasteiger partial charge in [0, 0.05) is 35.5 Å². The molecular weight excluding hydrogens is 468 g/mol. The fourth-order valence-electron chi connectivity index (χ4n) is 4.37. The molecular formula is C26H23ClN4O2S. The SMILES string of the molecule is COc1cccc(-n2cccc2[C@@H]2[C@H](c3ccccn3)NC(=S)N2c2ccc(OC)c(Cl)c2)c1. The van der Waals surface area contributed by atoms with Gasteiger partial charge in [-0.05, 0) is 66.8 Å². The zero-order chi connectivity index (χ0) is 23.7. The van der Waals surface area contributed by atoms with Gasteiger partial charge < -0.3 is 24.3 Å². The van der Waals surface area contributed by atoms with Gasteiger partial charge in [0.1, 0.15) is 17.5 Å². The van der Waals surface area contributed by atoms with Gasteiger partial charge in [0.2, 0.25) is 0 Å².